The fraction of sp³-hybridized carbons (Fsp3) is 0.471. The predicted molar refractivity (Wildman–Crippen MR) is 83.7 cm³/mol. The lowest BCUT2D eigenvalue weighted by Crippen LogP contribution is -2.37. The van der Waals surface area contributed by atoms with Crippen molar-refractivity contribution in [1.82, 2.24) is 4.90 Å². The third-order valence-corrected chi connectivity index (χ3v) is 4.18. The summed E-state index contributed by atoms with van der Waals surface area (Å²) >= 11 is 0. The highest BCUT2D eigenvalue weighted by atomic mass is 16.5. The summed E-state index contributed by atoms with van der Waals surface area (Å²) in [4.78, 5) is 13.5. The van der Waals surface area contributed by atoms with Crippen LogP contribution >= 0.6 is 0 Å². The molecule has 0 saturated carbocycles. The summed E-state index contributed by atoms with van der Waals surface area (Å²) < 4.78 is 16.6. The van der Waals surface area contributed by atoms with Crippen molar-refractivity contribution >= 4 is 11.4 Å². The van der Waals surface area contributed by atoms with Gasteiger partial charge in [-0.15, -0.1) is 0 Å². The van der Waals surface area contributed by atoms with E-state index in [4.69, 9.17) is 14.2 Å². The van der Waals surface area contributed by atoms with E-state index in [0.717, 1.165) is 30.8 Å². The number of rotatable bonds is 4. The van der Waals surface area contributed by atoms with Gasteiger partial charge in [0, 0.05) is 24.7 Å². The van der Waals surface area contributed by atoms with E-state index in [0.29, 0.717) is 24.7 Å². The maximum Gasteiger partial charge on any atom is 0.164 e. The van der Waals surface area contributed by atoms with Crippen LogP contribution in [0.25, 0.3) is 5.57 Å². The average Bonchev–Trinajstić information content (AvgIpc) is 2.52. The van der Waals surface area contributed by atoms with E-state index in [-0.39, 0.29) is 5.78 Å². The molecule has 118 valence electrons. The number of benzene rings is 1. The predicted octanol–water partition coefficient (Wildman–Crippen LogP) is 2.14. The van der Waals surface area contributed by atoms with Crippen LogP contribution in [0.2, 0.25) is 0 Å². The van der Waals surface area contributed by atoms with Crippen LogP contribution in [0.1, 0.15) is 18.9 Å². The molecule has 0 atom stereocenters. The van der Waals surface area contributed by atoms with Crippen LogP contribution in [0.3, 0.4) is 0 Å². The number of ether oxygens (including phenoxy) is 3. The molecular formula is C17H21NO4. The second-order valence-electron chi connectivity index (χ2n) is 5.74. The molecule has 0 unspecified atom stereocenters. The van der Waals surface area contributed by atoms with Gasteiger partial charge in [-0.2, -0.15) is 0 Å². The Morgan fingerprint density at radius 1 is 1.27 bits per heavy atom. The number of carbonyl (C=O) groups is 1. The van der Waals surface area contributed by atoms with E-state index < -0.39 is 0 Å². The molecule has 0 amide bonds. The third-order valence-electron chi connectivity index (χ3n) is 4.18. The first kappa shape index (κ1) is 14.9. The van der Waals surface area contributed by atoms with Gasteiger partial charge in [0.05, 0.1) is 20.8 Å². The summed E-state index contributed by atoms with van der Waals surface area (Å²) in [5.41, 5.74) is 3.66. The van der Waals surface area contributed by atoms with Crippen LogP contribution in [-0.4, -0.2) is 51.1 Å². The summed E-state index contributed by atoms with van der Waals surface area (Å²) in [5.74, 6) is 2.44. The van der Waals surface area contributed by atoms with Gasteiger partial charge in [-0.25, -0.2) is 0 Å². The largest absolute Gasteiger partial charge is 0.493 e. The number of ketones is 1. The Bertz CT molecular complexity index is 636. The second kappa shape index (κ2) is 6.01. The van der Waals surface area contributed by atoms with Crippen molar-refractivity contribution in [2.75, 3.05) is 40.5 Å². The van der Waals surface area contributed by atoms with E-state index >= 15 is 0 Å². The summed E-state index contributed by atoms with van der Waals surface area (Å²) in [7, 11) is 3.26. The zero-order chi connectivity index (χ0) is 15.7. The number of hydrogen-bond acceptors (Lipinski definition) is 5. The normalized spacial score (nSPS) is 17.4. The lowest BCUT2D eigenvalue weighted by Gasteiger charge is -2.34. The quantitative estimate of drug-likeness (QED) is 0.853. The Morgan fingerprint density at radius 3 is 2.68 bits per heavy atom. The minimum atomic E-state index is 0.201. The molecule has 2 aliphatic heterocycles. The van der Waals surface area contributed by atoms with Crippen LogP contribution in [0, 0.1) is 0 Å². The highest BCUT2D eigenvalue weighted by Gasteiger charge is 2.27. The molecule has 3 rings (SSSR count). The van der Waals surface area contributed by atoms with Gasteiger partial charge in [-0.1, -0.05) is 0 Å². The average molecular weight is 303 g/mol. The standard InChI is InChI=1S/C17H21NO4/c1-11(19)8-18-5-4-13-12(9-18)10-22-15-7-17(21-3)16(20-2)6-14(13)15/h6-7H,4-5,8-10H2,1-3H3. The van der Waals surface area contributed by atoms with E-state index in [1.807, 2.05) is 12.1 Å². The summed E-state index contributed by atoms with van der Waals surface area (Å²) in [5, 5.41) is 0. The summed E-state index contributed by atoms with van der Waals surface area (Å²) in [6, 6.07) is 3.88. The maximum atomic E-state index is 11.3. The van der Waals surface area contributed by atoms with Crippen molar-refractivity contribution < 1.29 is 19.0 Å². The summed E-state index contributed by atoms with van der Waals surface area (Å²) in [6.45, 7) is 4.41. The molecule has 2 heterocycles. The Balaban J connectivity index is 1.94. The van der Waals surface area contributed by atoms with Crippen molar-refractivity contribution in [3.05, 3.63) is 23.3 Å². The van der Waals surface area contributed by atoms with Gasteiger partial charge in [0.1, 0.15) is 18.1 Å². The zero-order valence-electron chi connectivity index (χ0n) is 13.3. The minimum absolute atomic E-state index is 0.201. The molecule has 0 fully saturated rings. The number of fused-ring (bicyclic) bond motifs is 2. The molecule has 1 aromatic rings. The lowest BCUT2D eigenvalue weighted by molar-refractivity contribution is -0.118. The van der Waals surface area contributed by atoms with Crippen molar-refractivity contribution in [3.63, 3.8) is 0 Å². The Kier molecular flexibility index (Phi) is 4.07. The number of nitrogens with zero attached hydrogens (tertiary/aromatic N) is 1. The van der Waals surface area contributed by atoms with E-state index in [1.54, 1.807) is 21.1 Å². The Hall–Kier alpha value is -2.01. The Labute approximate surface area is 130 Å². The maximum absolute atomic E-state index is 11.3. The first-order valence-corrected chi connectivity index (χ1v) is 7.44. The molecular weight excluding hydrogens is 282 g/mol. The van der Waals surface area contributed by atoms with Gasteiger partial charge in [-0.05, 0) is 30.6 Å². The molecule has 0 aliphatic carbocycles. The van der Waals surface area contributed by atoms with Crippen LogP contribution < -0.4 is 14.2 Å². The third kappa shape index (κ3) is 2.68. The van der Waals surface area contributed by atoms with Crippen LogP contribution in [0.5, 0.6) is 17.2 Å². The number of methoxy groups -OCH3 is 2. The lowest BCUT2D eigenvalue weighted by atomic mass is 9.91. The molecule has 0 N–H and O–H groups in total. The van der Waals surface area contributed by atoms with Gasteiger partial charge >= 0.3 is 0 Å². The molecule has 0 spiro atoms. The minimum Gasteiger partial charge on any atom is -0.493 e. The molecule has 1 aromatic carbocycles. The van der Waals surface area contributed by atoms with Crippen LogP contribution in [0.4, 0.5) is 0 Å². The number of Topliss-reactive ketones (excluding diaryl/α,β-unsaturated/α-hetero) is 1. The van der Waals surface area contributed by atoms with E-state index in [1.165, 1.54) is 11.1 Å². The first-order chi connectivity index (χ1) is 10.6. The Morgan fingerprint density at radius 2 is 2.00 bits per heavy atom. The molecule has 0 saturated heterocycles. The van der Waals surface area contributed by atoms with Crippen molar-refractivity contribution in [1.29, 1.82) is 0 Å². The van der Waals surface area contributed by atoms with Crippen LogP contribution in [0.15, 0.2) is 17.7 Å². The van der Waals surface area contributed by atoms with E-state index in [2.05, 4.69) is 4.90 Å². The monoisotopic (exact) mass is 303 g/mol. The van der Waals surface area contributed by atoms with Gasteiger partial charge in [0.2, 0.25) is 0 Å². The van der Waals surface area contributed by atoms with Gasteiger partial charge in [0.25, 0.3) is 0 Å². The smallest absolute Gasteiger partial charge is 0.164 e. The zero-order valence-corrected chi connectivity index (χ0v) is 13.3. The first-order valence-electron chi connectivity index (χ1n) is 7.44. The topological polar surface area (TPSA) is 48.0 Å². The number of carbonyl (C=O) groups excluding carboxylic acids is 1. The van der Waals surface area contributed by atoms with Gasteiger partial charge in [-0.3, -0.25) is 9.69 Å². The molecule has 5 nitrogen and oxygen atoms in total. The summed E-state index contributed by atoms with van der Waals surface area (Å²) in [6.07, 6.45) is 0.925. The highest BCUT2D eigenvalue weighted by Crippen LogP contribution is 2.43. The number of hydrogen-bond donors (Lipinski definition) is 0. The van der Waals surface area contributed by atoms with Gasteiger partial charge in [0.15, 0.2) is 11.5 Å². The molecule has 2 aliphatic rings. The molecule has 0 aromatic heterocycles. The second-order valence-corrected chi connectivity index (χ2v) is 5.74. The van der Waals surface area contributed by atoms with Crippen LogP contribution in [-0.2, 0) is 4.79 Å². The van der Waals surface area contributed by atoms with E-state index in [9.17, 15) is 4.79 Å². The highest BCUT2D eigenvalue weighted by molar-refractivity contribution is 5.80. The molecule has 0 bridgehead atoms. The van der Waals surface area contributed by atoms with Gasteiger partial charge < -0.3 is 14.2 Å². The fourth-order valence-electron chi connectivity index (χ4n) is 3.18. The van der Waals surface area contributed by atoms with Crippen molar-refractivity contribution in [3.8, 4) is 17.2 Å². The van der Waals surface area contributed by atoms with Crippen molar-refractivity contribution in [2.24, 2.45) is 0 Å². The molecule has 22 heavy (non-hydrogen) atoms. The molecule has 0 radical (unpaired) electrons. The van der Waals surface area contributed by atoms with Crippen molar-refractivity contribution in [2.45, 2.75) is 13.3 Å². The fourth-order valence-corrected chi connectivity index (χ4v) is 3.18. The molecule has 5 heteroatoms. The SMILES string of the molecule is COc1cc2c(cc1OC)C1=C(CO2)CN(CC(C)=O)CC1.